The number of benzene rings is 3. The summed E-state index contributed by atoms with van der Waals surface area (Å²) in [4.78, 5) is 28.4. The number of aromatic nitrogens is 1. The van der Waals surface area contributed by atoms with E-state index in [0.29, 0.717) is 27.4 Å². The number of hydrogen-bond acceptors (Lipinski definition) is 5. The lowest BCUT2D eigenvalue weighted by Crippen LogP contribution is -2.20. The summed E-state index contributed by atoms with van der Waals surface area (Å²) in [5.41, 5.74) is 3.09. The number of fused-ring (bicyclic) bond motifs is 5. The van der Waals surface area contributed by atoms with Crippen LogP contribution in [0, 0.1) is 0 Å². The Bertz CT molecular complexity index is 1340. The number of aromatic amines is 1. The highest BCUT2D eigenvalue weighted by Gasteiger charge is 2.33. The van der Waals surface area contributed by atoms with Crippen molar-refractivity contribution in [1.29, 1.82) is 0 Å². The zero-order valence-corrected chi connectivity index (χ0v) is 14.7. The van der Waals surface area contributed by atoms with Crippen LogP contribution in [0.2, 0.25) is 0 Å². The summed E-state index contributed by atoms with van der Waals surface area (Å²) in [6.45, 7) is 0. The van der Waals surface area contributed by atoms with E-state index in [2.05, 4.69) is 10.3 Å². The van der Waals surface area contributed by atoms with Crippen molar-refractivity contribution < 1.29 is 24.5 Å². The maximum Gasteiger partial charge on any atom is 0.259 e. The Labute approximate surface area is 158 Å². The van der Waals surface area contributed by atoms with E-state index in [1.54, 1.807) is 36.4 Å². The summed E-state index contributed by atoms with van der Waals surface area (Å²) in [5.74, 6) is -0.664. The van der Waals surface area contributed by atoms with Gasteiger partial charge in [0, 0.05) is 21.8 Å². The first-order valence-electron chi connectivity index (χ1n) is 8.52. The van der Waals surface area contributed by atoms with Crippen molar-refractivity contribution in [3.8, 4) is 28.4 Å². The van der Waals surface area contributed by atoms with Crippen LogP contribution in [0.1, 0.15) is 20.7 Å². The van der Waals surface area contributed by atoms with Gasteiger partial charge in [-0.1, -0.05) is 6.07 Å². The van der Waals surface area contributed by atoms with Crippen molar-refractivity contribution in [3.05, 3.63) is 53.6 Å². The number of imide groups is 1. The first-order valence-corrected chi connectivity index (χ1v) is 8.52. The van der Waals surface area contributed by atoms with E-state index in [0.717, 1.165) is 5.52 Å². The van der Waals surface area contributed by atoms with Crippen molar-refractivity contribution in [1.82, 2.24) is 10.3 Å². The Morgan fingerprint density at radius 2 is 1.68 bits per heavy atom. The standard InChI is InChI=1S/C21H14N2O5/c1-28-16-6-9(2-5-15(16)25)11-8-14-17(19-18(11)20(26)23-21(19)27)12-7-10(24)3-4-13(12)22-14/h2-8,22,24-25H,1H3,(H,23,26,27). The molecule has 0 atom stereocenters. The zero-order chi connectivity index (χ0) is 19.6. The molecule has 138 valence electrons. The average Bonchev–Trinajstić information content (AvgIpc) is 3.18. The Morgan fingerprint density at radius 3 is 2.46 bits per heavy atom. The van der Waals surface area contributed by atoms with E-state index in [-0.39, 0.29) is 28.4 Å². The molecule has 0 aliphatic carbocycles. The SMILES string of the molecule is COc1cc(-c2cc3[nH]c4ccc(O)cc4c3c3c2C(=O)NC3=O)ccc1O. The lowest BCUT2D eigenvalue weighted by molar-refractivity contribution is 0.0880. The molecule has 4 N–H and O–H groups in total. The molecule has 3 aromatic carbocycles. The second kappa shape index (κ2) is 5.50. The van der Waals surface area contributed by atoms with Crippen molar-refractivity contribution in [3.63, 3.8) is 0 Å². The largest absolute Gasteiger partial charge is 0.508 e. The highest BCUT2D eigenvalue weighted by atomic mass is 16.5. The molecular formula is C21H14N2O5. The number of phenols is 2. The predicted molar refractivity (Wildman–Crippen MR) is 103 cm³/mol. The van der Waals surface area contributed by atoms with Crippen LogP contribution >= 0.6 is 0 Å². The third-order valence-electron chi connectivity index (χ3n) is 5.04. The zero-order valence-electron chi connectivity index (χ0n) is 14.7. The molecule has 7 nitrogen and oxygen atoms in total. The number of rotatable bonds is 2. The molecule has 4 aromatic rings. The summed E-state index contributed by atoms with van der Waals surface area (Å²) < 4.78 is 5.17. The fraction of sp³-hybridized carbons (Fsp3) is 0.0476. The summed E-state index contributed by atoms with van der Waals surface area (Å²) in [7, 11) is 1.44. The van der Waals surface area contributed by atoms with Crippen LogP contribution in [0.3, 0.4) is 0 Å². The van der Waals surface area contributed by atoms with Gasteiger partial charge in [0.05, 0.1) is 18.2 Å². The van der Waals surface area contributed by atoms with Gasteiger partial charge in [-0.2, -0.15) is 0 Å². The summed E-state index contributed by atoms with van der Waals surface area (Å²) in [6.07, 6.45) is 0. The van der Waals surface area contributed by atoms with E-state index in [9.17, 15) is 19.8 Å². The van der Waals surface area contributed by atoms with E-state index in [1.165, 1.54) is 13.2 Å². The summed E-state index contributed by atoms with van der Waals surface area (Å²) in [5, 5.41) is 23.3. The number of carbonyl (C=O) groups excluding carboxylic acids is 2. The lowest BCUT2D eigenvalue weighted by atomic mass is 9.92. The van der Waals surface area contributed by atoms with Crippen molar-refractivity contribution in [2.24, 2.45) is 0 Å². The second-order valence-electron chi connectivity index (χ2n) is 6.62. The number of aromatic hydroxyl groups is 2. The van der Waals surface area contributed by atoms with Gasteiger partial charge in [-0.3, -0.25) is 14.9 Å². The van der Waals surface area contributed by atoms with Crippen LogP contribution in [0.25, 0.3) is 32.9 Å². The number of ether oxygens (including phenoxy) is 1. The fourth-order valence-corrected chi connectivity index (χ4v) is 3.82. The molecule has 2 amide bonds. The molecule has 1 aromatic heterocycles. The van der Waals surface area contributed by atoms with Crippen molar-refractivity contribution in [2.75, 3.05) is 7.11 Å². The monoisotopic (exact) mass is 374 g/mol. The Kier molecular flexibility index (Phi) is 3.18. The van der Waals surface area contributed by atoms with Gasteiger partial charge in [-0.25, -0.2) is 0 Å². The number of amides is 2. The minimum atomic E-state index is -0.488. The molecule has 0 saturated carbocycles. The molecule has 7 heteroatoms. The van der Waals surface area contributed by atoms with Gasteiger partial charge in [-0.05, 0) is 47.5 Å². The minimum Gasteiger partial charge on any atom is -0.508 e. The van der Waals surface area contributed by atoms with Gasteiger partial charge < -0.3 is 19.9 Å². The lowest BCUT2D eigenvalue weighted by Gasteiger charge is -2.10. The second-order valence-corrected chi connectivity index (χ2v) is 6.62. The summed E-state index contributed by atoms with van der Waals surface area (Å²) >= 11 is 0. The molecule has 0 unspecified atom stereocenters. The maximum atomic E-state index is 12.6. The number of hydrogen-bond donors (Lipinski definition) is 4. The number of carbonyl (C=O) groups is 2. The van der Waals surface area contributed by atoms with E-state index in [4.69, 9.17) is 4.74 Å². The molecule has 0 radical (unpaired) electrons. The molecule has 5 rings (SSSR count). The fourth-order valence-electron chi connectivity index (χ4n) is 3.82. The van der Waals surface area contributed by atoms with Crippen LogP contribution in [0.5, 0.6) is 17.2 Å². The average molecular weight is 374 g/mol. The van der Waals surface area contributed by atoms with E-state index in [1.807, 2.05) is 0 Å². The van der Waals surface area contributed by atoms with Gasteiger partial charge >= 0.3 is 0 Å². The Balaban J connectivity index is 1.92. The van der Waals surface area contributed by atoms with Crippen molar-refractivity contribution in [2.45, 2.75) is 0 Å². The molecule has 0 fully saturated rings. The molecule has 2 heterocycles. The first kappa shape index (κ1) is 16.2. The molecule has 28 heavy (non-hydrogen) atoms. The highest BCUT2D eigenvalue weighted by Crippen LogP contribution is 2.41. The van der Waals surface area contributed by atoms with E-state index < -0.39 is 11.8 Å². The third-order valence-corrected chi connectivity index (χ3v) is 5.04. The highest BCUT2D eigenvalue weighted by molar-refractivity contribution is 6.32. The maximum absolute atomic E-state index is 12.6. The van der Waals surface area contributed by atoms with Crippen LogP contribution in [0.15, 0.2) is 42.5 Å². The first-order chi connectivity index (χ1) is 13.5. The van der Waals surface area contributed by atoms with Crippen LogP contribution < -0.4 is 10.1 Å². The number of methoxy groups -OCH3 is 1. The molecule has 0 saturated heterocycles. The predicted octanol–water partition coefficient (Wildman–Crippen LogP) is 3.29. The van der Waals surface area contributed by atoms with Gasteiger partial charge in [0.2, 0.25) is 0 Å². The van der Waals surface area contributed by atoms with Crippen LogP contribution in [-0.4, -0.2) is 34.1 Å². The summed E-state index contributed by atoms with van der Waals surface area (Å²) in [6, 6.07) is 11.4. The molecule has 0 bridgehead atoms. The molecule has 1 aliphatic rings. The van der Waals surface area contributed by atoms with Crippen molar-refractivity contribution >= 4 is 33.6 Å². The minimum absolute atomic E-state index is 0.0226. The number of H-pyrrole nitrogens is 1. The number of phenolic OH excluding ortho intramolecular Hbond substituents is 2. The molecular weight excluding hydrogens is 360 g/mol. The smallest absolute Gasteiger partial charge is 0.259 e. The van der Waals surface area contributed by atoms with Gasteiger partial charge in [-0.15, -0.1) is 0 Å². The molecule has 0 spiro atoms. The Hall–Kier alpha value is -4.00. The quantitative estimate of drug-likeness (QED) is 0.402. The van der Waals surface area contributed by atoms with Crippen LogP contribution in [0.4, 0.5) is 0 Å². The van der Waals surface area contributed by atoms with E-state index >= 15 is 0 Å². The Morgan fingerprint density at radius 1 is 0.893 bits per heavy atom. The third kappa shape index (κ3) is 2.10. The normalized spacial score (nSPS) is 13.2. The van der Waals surface area contributed by atoms with Crippen LogP contribution in [-0.2, 0) is 0 Å². The number of nitrogens with one attached hydrogen (secondary N) is 2. The molecule has 1 aliphatic heterocycles. The van der Waals surface area contributed by atoms with Gasteiger partial charge in [0.15, 0.2) is 11.5 Å². The topological polar surface area (TPSA) is 112 Å². The van der Waals surface area contributed by atoms with Gasteiger partial charge in [0.1, 0.15) is 5.75 Å². The van der Waals surface area contributed by atoms with Gasteiger partial charge in [0.25, 0.3) is 11.8 Å².